The standard InChI is InChI=1S/C22H24N2OS/c1-5-24-20(25)19(26-21(24)23-18-9-7-6-8-10-18)15-16-11-13-17(14-12-16)22(2,3)4/h6-15H,5H2,1-4H3/b19-15+,23-21?. The van der Waals surface area contributed by atoms with Crippen molar-refractivity contribution < 1.29 is 4.79 Å². The van der Waals surface area contributed by atoms with E-state index in [0.29, 0.717) is 11.4 Å². The van der Waals surface area contributed by atoms with Crippen molar-refractivity contribution in [2.45, 2.75) is 33.1 Å². The zero-order chi connectivity index (χ0) is 18.7. The molecule has 134 valence electrons. The molecule has 1 aliphatic rings. The van der Waals surface area contributed by atoms with Crippen LogP contribution in [0.4, 0.5) is 5.69 Å². The first-order chi connectivity index (χ1) is 12.4. The summed E-state index contributed by atoms with van der Waals surface area (Å²) in [5.74, 6) is 0.0204. The van der Waals surface area contributed by atoms with Crippen LogP contribution in [-0.2, 0) is 10.2 Å². The molecular formula is C22H24N2OS. The molecule has 4 heteroatoms. The Balaban J connectivity index is 1.88. The molecule has 0 atom stereocenters. The molecular weight excluding hydrogens is 340 g/mol. The number of amidine groups is 1. The van der Waals surface area contributed by atoms with Gasteiger partial charge in [-0.15, -0.1) is 0 Å². The van der Waals surface area contributed by atoms with Crippen LogP contribution in [0.25, 0.3) is 6.08 Å². The van der Waals surface area contributed by atoms with Crippen LogP contribution in [0.5, 0.6) is 0 Å². The van der Waals surface area contributed by atoms with E-state index in [1.807, 2.05) is 43.3 Å². The SMILES string of the molecule is CCN1C(=O)/C(=C\c2ccc(C(C)(C)C)cc2)SC1=Nc1ccccc1. The fourth-order valence-corrected chi connectivity index (χ4v) is 3.78. The molecule has 0 saturated carbocycles. The number of hydrogen-bond acceptors (Lipinski definition) is 3. The minimum Gasteiger partial charge on any atom is -0.287 e. The number of hydrogen-bond donors (Lipinski definition) is 0. The van der Waals surface area contributed by atoms with Crippen molar-refractivity contribution in [2.24, 2.45) is 4.99 Å². The molecule has 1 amide bonds. The summed E-state index contributed by atoms with van der Waals surface area (Å²) in [4.78, 5) is 19.8. The summed E-state index contributed by atoms with van der Waals surface area (Å²) >= 11 is 1.44. The van der Waals surface area contributed by atoms with E-state index >= 15 is 0 Å². The van der Waals surface area contributed by atoms with Gasteiger partial charge in [0, 0.05) is 6.54 Å². The summed E-state index contributed by atoms with van der Waals surface area (Å²) in [6.07, 6.45) is 1.95. The lowest BCUT2D eigenvalue weighted by Gasteiger charge is -2.18. The lowest BCUT2D eigenvalue weighted by atomic mass is 9.87. The molecule has 26 heavy (non-hydrogen) atoms. The molecule has 1 heterocycles. The molecule has 0 N–H and O–H groups in total. The number of amides is 1. The zero-order valence-corrected chi connectivity index (χ0v) is 16.5. The van der Waals surface area contributed by atoms with Gasteiger partial charge in [0.2, 0.25) is 0 Å². The fourth-order valence-electron chi connectivity index (χ4n) is 2.71. The predicted molar refractivity (Wildman–Crippen MR) is 112 cm³/mol. The van der Waals surface area contributed by atoms with Gasteiger partial charge >= 0.3 is 0 Å². The van der Waals surface area contributed by atoms with Crippen LogP contribution in [0.2, 0.25) is 0 Å². The van der Waals surface area contributed by atoms with Gasteiger partial charge in [-0.1, -0.05) is 63.2 Å². The number of benzene rings is 2. The van der Waals surface area contributed by atoms with Crippen LogP contribution in [0.15, 0.2) is 64.5 Å². The number of carbonyl (C=O) groups excluding carboxylic acids is 1. The zero-order valence-electron chi connectivity index (χ0n) is 15.7. The van der Waals surface area contributed by atoms with Crippen molar-refractivity contribution in [1.29, 1.82) is 0 Å². The van der Waals surface area contributed by atoms with Crippen molar-refractivity contribution in [3.63, 3.8) is 0 Å². The topological polar surface area (TPSA) is 32.7 Å². The molecule has 1 saturated heterocycles. The Labute approximate surface area is 159 Å². The van der Waals surface area contributed by atoms with E-state index in [4.69, 9.17) is 0 Å². The number of aliphatic imine (C=N–C) groups is 1. The van der Waals surface area contributed by atoms with Crippen LogP contribution < -0.4 is 0 Å². The fraction of sp³-hybridized carbons (Fsp3) is 0.273. The third-order valence-electron chi connectivity index (χ3n) is 4.26. The number of likely N-dealkylation sites (N-methyl/N-ethyl adjacent to an activating group) is 1. The van der Waals surface area contributed by atoms with E-state index in [1.165, 1.54) is 17.3 Å². The number of carbonyl (C=O) groups is 1. The maximum atomic E-state index is 12.7. The first kappa shape index (κ1) is 18.5. The van der Waals surface area contributed by atoms with Gasteiger partial charge in [-0.3, -0.25) is 9.69 Å². The maximum Gasteiger partial charge on any atom is 0.266 e. The lowest BCUT2D eigenvalue weighted by molar-refractivity contribution is -0.122. The summed E-state index contributed by atoms with van der Waals surface area (Å²) in [5.41, 5.74) is 3.30. The number of para-hydroxylation sites is 1. The highest BCUT2D eigenvalue weighted by Crippen LogP contribution is 2.34. The van der Waals surface area contributed by atoms with Gasteiger partial charge < -0.3 is 0 Å². The molecule has 2 aromatic carbocycles. The molecule has 0 spiro atoms. The highest BCUT2D eigenvalue weighted by molar-refractivity contribution is 8.18. The Bertz CT molecular complexity index is 846. The molecule has 3 nitrogen and oxygen atoms in total. The van der Waals surface area contributed by atoms with Crippen molar-refractivity contribution in [2.75, 3.05) is 6.54 Å². The van der Waals surface area contributed by atoms with Crippen LogP contribution in [0, 0.1) is 0 Å². The third-order valence-corrected chi connectivity index (χ3v) is 5.27. The van der Waals surface area contributed by atoms with Gasteiger partial charge in [0.15, 0.2) is 5.17 Å². The second-order valence-corrected chi connectivity index (χ2v) is 8.27. The largest absolute Gasteiger partial charge is 0.287 e. The Morgan fingerprint density at radius 3 is 2.27 bits per heavy atom. The molecule has 1 aliphatic heterocycles. The van der Waals surface area contributed by atoms with E-state index in [-0.39, 0.29) is 11.3 Å². The molecule has 0 aliphatic carbocycles. The molecule has 0 aromatic heterocycles. The maximum absolute atomic E-state index is 12.7. The number of thioether (sulfide) groups is 1. The average molecular weight is 365 g/mol. The first-order valence-corrected chi connectivity index (χ1v) is 9.66. The van der Waals surface area contributed by atoms with E-state index in [0.717, 1.165) is 16.4 Å². The van der Waals surface area contributed by atoms with E-state index in [2.05, 4.69) is 50.0 Å². The van der Waals surface area contributed by atoms with Crippen LogP contribution in [0.1, 0.15) is 38.8 Å². The van der Waals surface area contributed by atoms with E-state index in [9.17, 15) is 4.79 Å². The van der Waals surface area contributed by atoms with Gasteiger partial charge in [-0.25, -0.2) is 4.99 Å². The van der Waals surface area contributed by atoms with E-state index < -0.39 is 0 Å². The molecule has 1 fully saturated rings. The second-order valence-electron chi connectivity index (χ2n) is 7.26. The normalized spacial score (nSPS) is 18.2. The minimum absolute atomic E-state index is 0.0204. The molecule has 0 bridgehead atoms. The molecule has 0 radical (unpaired) electrons. The van der Waals surface area contributed by atoms with Crippen molar-refractivity contribution in [3.8, 4) is 0 Å². The summed E-state index contributed by atoms with van der Waals surface area (Å²) in [7, 11) is 0. The number of nitrogens with zero attached hydrogens (tertiary/aromatic N) is 2. The second kappa shape index (κ2) is 7.50. The molecule has 2 aromatic rings. The third kappa shape index (κ3) is 4.07. The smallest absolute Gasteiger partial charge is 0.266 e. The van der Waals surface area contributed by atoms with Gasteiger partial charge in [0.05, 0.1) is 10.6 Å². The Hall–Kier alpha value is -2.33. The quantitative estimate of drug-likeness (QED) is 0.663. The van der Waals surface area contributed by atoms with Crippen molar-refractivity contribution in [3.05, 3.63) is 70.6 Å². The predicted octanol–water partition coefficient (Wildman–Crippen LogP) is 5.61. The van der Waals surface area contributed by atoms with Crippen molar-refractivity contribution in [1.82, 2.24) is 4.90 Å². The van der Waals surface area contributed by atoms with Crippen molar-refractivity contribution >= 4 is 34.6 Å². The summed E-state index contributed by atoms with van der Waals surface area (Å²) in [5, 5.41) is 0.737. The highest BCUT2D eigenvalue weighted by Gasteiger charge is 2.32. The average Bonchev–Trinajstić information content (AvgIpc) is 2.90. The number of rotatable bonds is 3. The summed E-state index contributed by atoms with van der Waals surface area (Å²) in [6.45, 7) is 9.17. The van der Waals surface area contributed by atoms with Crippen LogP contribution in [-0.4, -0.2) is 22.5 Å². The van der Waals surface area contributed by atoms with Gasteiger partial charge in [0.1, 0.15) is 0 Å². The monoisotopic (exact) mass is 364 g/mol. The summed E-state index contributed by atoms with van der Waals surface area (Å²) in [6, 6.07) is 18.2. The van der Waals surface area contributed by atoms with Gasteiger partial charge in [-0.05, 0) is 53.4 Å². The molecule has 0 unspecified atom stereocenters. The Kier molecular flexibility index (Phi) is 5.33. The summed E-state index contributed by atoms with van der Waals surface area (Å²) < 4.78 is 0. The van der Waals surface area contributed by atoms with Gasteiger partial charge in [-0.2, -0.15) is 0 Å². The first-order valence-electron chi connectivity index (χ1n) is 8.84. The van der Waals surface area contributed by atoms with Gasteiger partial charge in [0.25, 0.3) is 5.91 Å². The minimum atomic E-state index is 0.0204. The van der Waals surface area contributed by atoms with E-state index in [1.54, 1.807) is 4.90 Å². The Morgan fingerprint density at radius 1 is 1.04 bits per heavy atom. The highest BCUT2D eigenvalue weighted by atomic mass is 32.2. The Morgan fingerprint density at radius 2 is 1.69 bits per heavy atom. The van der Waals surface area contributed by atoms with Crippen LogP contribution >= 0.6 is 11.8 Å². The lowest BCUT2D eigenvalue weighted by Crippen LogP contribution is -2.28. The van der Waals surface area contributed by atoms with Crippen LogP contribution in [0.3, 0.4) is 0 Å². The molecule has 3 rings (SSSR count).